The van der Waals surface area contributed by atoms with Crippen LogP contribution in [0.1, 0.15) is 140 Å². The molecule has 0 amide bonds. The second kappa shape index (κ2) is 21.9. The standard InChI is InChI=1S/C36H54OS/c1-3-5-7-8-9-10-11-12-13-14-15-16-17-18-19-31-37-35-28-23-33(24-29-35)25-30-36(38)34-26-21-32(22-27-34)20-6-4-2/h21-30H,3-20,31H2,1-2H3. The number of thiocarbonyl (C=S) groups is 1. The minimum atomic E-state index is 0.811. The maximum atomic E-state index is 5.96. The van der Waals surface area contributed by atoms with Crippen molar-refractivity contribution >= 4 is 23.2 Å². The van der Waals surface area contributed by atoms with Gasteiger partial charge in [0.05, 0.1) is 6.61 Å². The van der Waals surface area contributed by atoms with Crippen molar-refractivity contribution in [1.29, 1.82) is 0 Å². The molecule has 0 N–H and O–H groups in total. The summed E-state index contributed by atoms with van der Waals surface area (Å²) in [6.45, 7) is 5.33. The average Bonchev–Trinajstić information content (AvgIpc) is 2.95. The Kier molecular flexibility index (Phi) is 18.6. The SMILES string of the molecule is CCCCCCCCCCCCCCCCCOc1ccc(C=CC(=S)c2ccc(CCCC)cc2)cc1. The van der Waals surface area contributed by atoms with E-state index in [0.29, 0.717) is 0 Å². The maximum absolute atomic E-state index is 5.96. The lowest BCUT2D eigenvalue weighted by Crippen LogP contribution is -1.97. The molecule has 0 aliphatic carbocycles. The molecule has 0 radical (unpaired) electrons. The molecule has 38 heavy (non-hydrogen) atoms. The number of unbranched alkanes of at least 4 members (excludes halogenated alkanes) is 15. The number of rotatable bonds is 23. The van der Waals surface area contributed by atoms with Gasteiger partial charge in [-0.1, -0.05) is 165 Å². The van der Waals surface area contributed by atoms with E-state index in [2.05, 4.69) is 68.5 Å². The Hall–Kier alpha value is -1.93. The summed E-state index contributed by atoms with van der Waals surface area (Å²) in [6, 6.07) is 17.0. The summed E-state index contributed by atoms with van der Waals surface area (Å²) in [5, 5.41) is 0. The van der Waals surface area contributed by atoms with Crippen LogP contribution in [0.5, 0.6) is 5.75 Å². The maximum Gasteiger partial charge on any atom is 0.119 e. The lowest BCUT2D eigenvalue weighted by atomic mass is 10.0. The highest BCUT2D eigenvalue weighted by molar-refractivity contribution is 7.81. The Morgan fingerprint density at radius 1 is 0.605 bits per heavy atom. The fourth-order valence-electron chi connectivity index (χ4n) is 4.82. The van der Waals surface area contributed by atoms with Crippen molar-refractivity contribution in [1.82, 2.24) is 0 Å². The Morgan fingerprint density at radius 3 is 1.63 bits per heavy atom. The predicted molar refractivity (Wildman–Crippen MR) is 173 cm³/mol. The smallest absolute Gasteiger partial charge is 0.119 e. The molecule has 2 heteroatoms. The third-order valence-corrected chi connectivity index (χ3v) is 7.75. The third-order valence-electron chi connectivity index (χ3n) is 7.38. The van der Waals surface area contributed by atoms with E-state index in [1.165, 1.54) is 108 Å². The van der Waals surface area contributed by atoms with Crippen molar-refractivity contribution in [3.8, 4) is 5.75 Å². The highest BCUT2D eigenvalue weighted by Crippen LogP contribution is 2.17. The molecule has 2 aromatic carbocycles. The van der Waals surface area contributed by atoms with Gasteiger partial charge in [-0.2, -0.15) is 0 Å². The summed E-state index contributed by atoms with van der Waals surface area (Å²) in [5.41, 5.74) is 3.65. The first-order valence-electron chi connectivity index (χ1n) is 15.8. The van der Waals surface area contributed by atoms with Crippen LogP contribution >= 0.6 is 12.2 Å². The van der Waals surface area contributed by atoms with Crippen molar-refractivity contribution in [2.45, 2.75) is 129 Å². The van der Waals surface area contributed by atoms with E-state index in [4.69, 9.17) is 17.0 Å². The number of aryl methyl sites for hydroxylation is 1. The van der Waals surface area contributed by atoms with Crippen LogP contribution < -0.4 is 4.74 Å². The van der Waals surface area contributed by atoms with E-state index in [0.717, 1.165) is 41.2 Å². The zero-order valence-corrected chi connectivity index (χ0v) is 25.3. The van der Waals surface area contributed by atoms with Gasteiger partial charge in [0.2, 0.25) is 0 Å². The fourth-order valence-corrected chi connectivity index (χ4v) is 5.03. The zero-order valence-electron chi connectivity index (χ0n) is 24.5. The van der Waals surface area contributed by atoms with E-state index in [1.807, 2.05) is 6.08 Å². The van der Waals surface area contributed by atoms with Crippen LogP contribution in [0.4, 0.5) is 0 Å². The molecule has 0 bridgehead atoms. The Bertz CT molecular complexity index is 865. The number of benzene rings is 2. The van der Waals surface area contributed by atoms with Crippen LogP contribution in [-0.2, 0) is 6.42 Å². The van der Waals surface area contributed by atoms with Crippen molar-refractivity contribution in [2.24, 2.45) is 0 Å². The molecule has 0 heterocycles. The molecule has 2 aromatic rings. The predicted octanol–water partition coefficient (Wildman–Crippen LogP) is 11.7. The van der Waals surface area contributed by atoms with Gasteiger partial charge in [0.25, 0.3) is 0 Å². The van der Waals surface area contributed by atoms with E-state index in [-0.39, 0.29) is 0 Å². The molecule has 0 saturated carbocycles. The molecule has 0 unspecified atom stereocenters. The number of ether oxygens (including phenoxy) is 1. The largest absolute Gasteiger partial charge is 0.494 e. The van der Waals surface area contributed by atoms with Gasteiger partial charge < -0.3 is 4.74 Å². The van der Waals surface area contributed by atoms with Gasteiger partial charge in [-0.15, -0.1) is 0 Å². The van der Waals surface area contributed by atoms with Crippen molar-refractivity contribution in [3.63, 3.8) is 0 Å². The summed E-state index contributed by atoms with van der Waals surface area (Å²) in [5.74, 6) is 0.956. The zero-order chi connectivity index (χ0) is 27.1. The van der Waals surface area contributed by atoms with E-state index >= 15 is 0 Å². The minimum Gasteiger partial charge on any atom is -0.494 e. The van der Waals surface area contributed by atoms with Gasteiger partial charge in [0.1, 0.15) is 5.75 Å². The average molecular weight is 535 g/mol. The molecule has 0 atom stereocenters. The Labute approximate surface area is 240 Å². The van der Waals surface area contributed by atoms with Crippen LogP contribution in [0, 0.1) is 0 Å². The van der Waals surface area contributed by atoms with Crippen molar-refractivity contribution < 1.29 is 4.74 Å². The first-order valence-corrected chi connectivity index (χ1v) is 16.2. The van der Waals surface area contributed by atoms with Gasteiger partial charge in [-0.3, -0.25) is 0 Å². The molecule has 1 nitrogen and oxygen atoms in total. The highest BCUT2D eigenvalue weighted by atomic mass is 32.1. The highest BCUT2D eigenvalue weighted by Gasteiger charge is 2.00. The molecule has 0 aliphatic heterocycles. The molecule has 0 fully saturated rings. The lowest BCUT2D eigenvalue weighted by Gasteiger charge is -2.07. The monoisotopic (exact) mass is 534 g/mol. The number of hydrogen-bond donors (Lipinski definition) is 0. The lowest BCUT2D eigenvalue weighted by molar-refractivity contribution is 0.304. The van der Waals surface area contributed by atoms with Crippen LogP contribution in [-0.4, -0.2) is 11.5 Å². The summed E-state index contributed by atoms with van der Waals surface area (Å²) >= 11 is 5.62. The molecular weight excluding hydrogens is 480 g/mol. The first kappa shape index (κ1) is 32.3. The summed E-state index contributed by atoms with van der Waals surface area (Å²) in [7, 11) is 0. The van der Waals surface area contributed by atoms with Crippen LogP contribution in [0.2, 0.25) is 0 Å². The van der Waals surface area contributed by atoms with Gasteiger partial charge in [0, 0.05) is 4.86 Å². The minimum absolute atomic E-state index is 0.811. The second-order valence-corrected chi connectivity index (χ2v) is 11.3. The van der Waals surface area contributed by atoms with Crippen molar-refractivity contribution in [2.75, 3.05) is 6.61 Å². The van der Waals surface area contributed by atoms with Gasteiger partial charge in [-0.25, -0.2) is 0 Å². The number of allylic oxidation sites excluding steroid dienone is 1. The Morgan fingerprint density at radius 2 is 1.11 bits per heavy atom. The van der Waals surface area contributed by atoms with Gasteiger partial charge in [0.15, 0.2) is 0 Å². The molecule has 0 aliphatic rings. The van der Waals surface area contributed by atoms with Crippen LogP contribution in [0.3, 0.4) is 0 Å². The van der Waals surface area contributed by atoms with Crippen LogP contribution in [0.25, 0.3) is 6.08 Å². The molecule has 0 aromatic heterocycles. The number of hydrogen-bond acceptors (Lipinski definition) is 2. The van der Waals surface area contributed by atoms with Gasteiger partial charge in [-0.05, 0) is 54.2 Å². The summed E-state index contributed by atoms with van der Waals surface area (Å²) in [6.07, 6.45) is 28.6. The summed E-state index contributed by atoms with van der Waals surface area (Å²) in [4.78, 5) is 0.875. The topological polar surface area (TPSA) is 9.23 Å². The van der Waals surface area contributed by atoms with Gasteiger partial charge >= 0.3 is 0 Å². The molecule has 2 rings (SSSR count). The third kappa shape index (κ3) is 15.5. The molecule has 0 spiro atoms. The Balaban J connectivity index is 1.48. The van der Waals surface area contributed by atoms with E-state index in [9.17, 15) is 0 Å². The van der Waals surface area contributed by atoms with Crippen LogP contribution in [0.15, 0.2) is 54.6 Å². The summed E-state index contributed by atoms with van der Waals surface area (Å²) < 4.78 is 5.96. The first-order chi connectivity index (χ1) is 18.7. The fraction of sp³-hybridized carbons (Fsp3) is 0.583. The quantitative estimate of drug-likeness (QED) is 0.0606. The normalized spacial score (nSPS) is 11.3. The molecule has 210 valence electrons. The van der Waals surface area contributed by atoms with E-state index in [1.54, 1.807) is 0 Å². The molecular formula is C36H54OS. The van der Waals surface area contributed by atoms with Crippen molar-refractivity contribution in [3.05, 3.63) is 71.3 Å². The second-order valence-electron chi connectivity index (χ2n) is 10.9. The van der Waals surface area contributed by atoms with E-state index < -0.39 is 0 Å². The molecule has 0 saturated heterocycles.